The van der Waals surface area contributed by atoms with Crippen molar-refractivity contribution < 1.29 is 29.9 Å². The van der Waals surface area contributed by atoms with Gasteiger partial charge < -0.3 is 29.9 Å². The standard InChI is InChI=1S/C20H32O6/c1-19(2,3)11-7-8-13(12(9-11)20(4,5)6)25-18-17(24)16(23)15(22)14(10-21)26-18/h7-9,14-18,21-24H,10H2,1-6H3/t14-,15+,16+,17-,18-/m1/s1. The Morgan fingerprint density at radius 3 is 2.04 bits per heavy atom. The average Bonchev–Trinajstić information content (AvgIpc) is 2.53. The molecule has 1 aliphatic heterocycles. The summed E-state index contributed by atoms with van der Waals surface area (Å²) in [4.78, 5) is 0. The van der Waals surface area contributed by atoms with E-state index in [-0.39, 0.29) is 10.8 Å². The summed E-state index contributed by atoms with van der Waals surface area (Å²) in [6.07, 6.45) is -6.47. The molecule has 2 rings (SSSR count). The van der Waals surface area contributed by atoms with Crippen LogP contribution in [0.3, 0.4) is 0 Å². The lowest BCUT2D eigenvalue weighted by atomic mass is 9.80. The second-order valence-electron chi connectivity index (χ2n) is 9.03. The molecule has 6 heteroatoms. The number of hydrogen-bond acceptors (Lipinski definition) is 6. The molecule has 1 aromatic carbocycles. The zero-order valence-electron chi connectivity index (χ0n) is 16.4. The van der Waals surface area contributed by atoms with Crippen LogP contribution in [0, 0.1) is 0 Å². The molecule has 0 aliphatic carbocycles. The molecular formula is C20H32O6. The molecule has 6 nitrogen and oxygen atoms in total. The molecule has 0 amide bonds. The van der Waals surface area contributed by atoms with Crippen LogP contribution in [0.5, 0.6) is 5.75 Å². The lowest BCUT2D eigenvalue weighted by molar-refractivity contribution is -0.277. The Balaban J connectivity index is 2.36. The first kappa shape index (κ1) is 21.1. The van der Waals surface area contributed by atoms with E-state index in [1.54, 1.807) is 0 Å². The van der Waals surface area contributed by atoms with Crippen LogP contribution in [0.25, 0.3) is 0 Å². The summed E-state index contributed by atoms with van der Waals surface area (Å²) in [5.41, 5.74) is 1.86. The zero-order chi connectivity index (χ0) is 19.9. The van der Waals surface area contributed by atoms with Gasteiger partial charge in [-0.05, 0) is 28.0 Å². The minimum atomic E-state index is -1.46. The predicted molar refractivity (Wildman–Crippen MR) is 98.2 cm³/mol. The zero-order valence-corrected chi connectivity index (χ0v) is 16.4. The van der Waals surface area contributed by atoms with Crippen molar-refractivity contribution >= 4 is 0 Å². The quantitative estimate of drug-likeness (QED) is 0.645. The van der Waals surface area contributed by atoms with E-state index in [2.05, 4.69) is 47.6 Å². The van der Waals surface area contributed by atoms with Crippen LogP contribution in [0.1, 0.15) is 52.7 Å². The maximum absolute atomic E-state index is 10.2. The Kier molecular flexibility index (Phi) is 6.05. The molecule has 0 unspecified atom stereocenters. The van der Waals surface area contributed by atoms with Crippen LogP contribution in [0.15, 0.2) is 18.2 Å². The number of aliphatic hydroxyl groups is 4. The fourth-order valence-corrected chi connectivity index (χ4v) is 2.98. The highest BCUT2D eigenvalue weighted by Gasteiger charge is 2.45. The monoisotopic (exact) mass is 368 g/mol. The summed E-state index contributed by atoms with van der Waals surface area (Å²) in [7, 11) is 0. The van der Waals surface area contributed by atoms with Gasteiger partial charge in [0.25, 0.3) is 0 Å². The molecule has 1 aliphatic rings. The van der Waals surface area contributed by atoms with E-state index in [0.717, 1.165) is 11.1 Å². The van der Waals surface area contributed by atoms with Crippen LogP contribution < -0.4 is 4.74 Å². The summed E-state index contributed by atoms with van der Waals surface area (Å²) in [6, 6.07) is 5.89. The van der Waals surface area contributed by atoms with Crippen molar-refractivity contribution in [3.63, 3.8) is 0 Å². The highest BCUT2D eigenvalue weighted by atomic mass is 16.7. The van der Waals surface area contributed by atoms with Crippen LogP contribution >= 0.6 is 0 Å². The maximum atomic E-state index is 10.2. The number of rotatable bonds is 3. The summed E-state index contributed by atoms with van der Waals surface area (Å²) < 4.78 is 11.4. The molecule has 1 aromatic rings. The molecule has 0 aromatic heterocycles. The average molecular weight is 368 g/mol. The predicted octanol–water partition coefficient (Wildman–Crippen LogP) is 1.46. The Hall–Kier alpha value is -1.18. The molecule has 5 atom stereocenters. The van der Waals surface area contributed by atoms with Crippen molar-refractivity contribution in [2.45, 2.75) is 83.1 Å². The number of hydrogen-bond donors (Lipinski definition) is 4. The van der Waals surface area contributed by atoms with Crippen molar-refractivity contribution in [2.24, 2.45) is 0 Å². The first-order valence-electron chi connectivity index (χ1n) is 8.98. The lowest BCUT2D eigenvalue weighted by Gasteiger charge is -2.40. The third-order valence-electron chi connectivity index (χ3n) is 4.75. The highest BCUT2D eigenvalue weighted by Crippen LogP contribution is 2.37. The van der Waals surface area contributed by atoms with Crippen LogP contribution in [0.2, 0.25) is 0 Å². The van der Waals surface area contributed by atoms with Crippen LogP contribution in [-0.4, -0.2) is 57.7 Å². The third-order valence-corrected chi connectivity index (χ3v) is 4.75. The van der Waals surface area contributed by atoms with E-state index in [9.17, 15) is 20.4 Å². The van der Waals surface area contributed by atoms with Gasteiger partial charge in [-0.2, -0.15) is 0 Å². The molecule has 26 heavy (non-hydrogen) atoms. The van der Waals surface area contributed by atoms with Gasteiger partial charge in [-0.1, -0.05) is 53.7 Å². The summed E-state index contributed by atoms with van der Waals surface area (Å²) in [5.74, 6) is 0.537. The van der Waals surface area contributed by atoms with Gasteiger partial charge in [-0.3, -0.25) is 0 Å². The molecule has 0 saturated carbocycles. The number of ether oxygens (including phenoxy) is 2. The van der Waals surface area contributed by atoms with Gasteiger partial charge in [0.2, 0.25) is 6.29 Å². The smallest absolute Gasteiger partial charge is 0.229 e. The molecule has 0 spiro atoms. The fraction of sp³-hybridized carbons (Fsp3) is 0.700. The van der Waals surface area contributed by atoms with E-state index < -0.39 is 37.3 Å². The van der Waals surface area contributed by atoms with E-state index >= 15 is 0 Å². The van der Waals surface area contributed by atoms with Crippen molar-refractivity contribution in [3.05, 3.63) is 29.3 Å². The van der Waals surface area contributed by atoms with Gasteiger partial charge in [-0.15, -0.1) is 0 Å². The van der Waals surface area contributed by atoms with Crippen LogP contribution in [-0.2, 0) is 15.6 Å². The van der Waals surface area contributed by atoms with Gasteiger partial charge in [0.1, 0.15) is 30.2 Å². The molecule has 4 N–H and O–H groups in total. The van der Waals surface area contributed by atoms with Gasteiger partial charge in [0, 0.05) is 0 Å². The van der Waals surface area contributed by atoms with E-state index in [4.69, 9.17) is 9.47 Å². The molecule has 1 fully saturated rings. The SMILES string of the molecule is CC(C)(C)c1ccc(O[C@@H]2O[C@H](CO)[C@H](O)[C@H](O)[C@H]2O)c(C(C)(C)C)c1. The van der Waals surface area contributed by atoms with Gasteiger partial charge in [-0.25, -0.2) is 0 Å². The second kappa shape index (κ2) is 7.44. The van der Waals surface area contributed by atoms with Gasteiger partial charge in [0.15, 0.2) is 0 Å². The minimum Gasteiger partial charge on any atom is -0.462 e. The van der Waals surface area contributed by atoms with Crippen LogP contribution in [0.4, 0.5) is 0 Å². The fourth-order valence-electron chi connectivity index (χ4n) is 2.98. The number of benzene rings is 1. The van der Waals surface area contributed by atoms with E-state index in [1.807, 2.05) is 12.1 Å². The summed E-state index contributed by atoms with van der Waals surface area (Å²) in [5, 5.41) is 39.4. The minimum absolute atomic E-state index is 0.0261. The Morgan fingerprint density at radius 1 is 0.923 bits per heavy atom. The molecule has 0 radical (unpaired) electrons. The summed E-state index contributed by atoms with van der Waals surface area (Å²) in [6.45, 7) is 12.1. The maximum Gasteiger partial charge on any atom is 0.229 e. The molecular weight excluding hydrogens is 336 g/mol. The Bertz CT molecular complexity index is 614. The van der Waals surface area contributed by atoms with Crippen molar-refractivity contribution in [1.82, 2.24) is 0 Å². The van der Waals surface area contributed by atoms with Gasteiger partial charge in [0.05, 0.1) is 6.61 Å². The van der Waals surface area contributed by atoms with E-state index in [1.165, 1.54) is 0 Å². The first-order valence-corrected chi connectivity index (χ1v) is 8.98. The molecule has 1 saturated heterocycles. The van der Waals surface area contributed by atoms with E-state index in [0.29, 0.717) is 5.75 Å². The Labute approximate surface area is 155 Å². The largest absolute Gasteiger partial charge is 0.462 e. The lowest BCUT2D eigenvalue weighted by Crippen LogP contribution is -2.60. The van der Waals surface area contributed by atoms with Crippen molar-refractivity contribution in [3.8, 4) is 5.75 Å². The highest BCUT2D eigenvalue weighted by molar-refractivity contribution is 5.43. The third kappa shape index (κ3) is 4.38. The molecule has 1 heterocycles. The second-order valence-corrected chi connectivity index (χ2v) is 9.03. The Morgan fingerprint density at radius 2 is 1.54 bits per heavy atom. The topological polar surface area (TPSA) is 99.4 Å². The summed E-state index contributed by atoms with van der Waals surface area (Å²) >= 11 is 0. The van der Waals surface area contributed by atoms with Gasteiger partial charge >= 0.3 is 0 Å². The number of aliphatic hydroxyl groups excluding tert-OH is 4. The molecule has 148 valence electrons. The van der Waals surface area contributed by atoms with Crippen molar-refractivity contribution in [1.29, 1.82) is 0 Å². The molecule has 0 bridgehead atoms. The van der Waals surface area contributed by atoms with Crippen molar-refractivity contribution in [2.75, 3.05) is 6.61 Å². The first-order chi connectivity index (χ1) is 11.9. The normalized spacial score (nSPS) is 30.3.